The summed E-state index contributed by atoms with van der Waals surface area (Å²) in [4.78, 5) is 0. The summed E-state index contributed by atoms with van der Waals surface area (Å²) in [6.07, 6.45) is 2.27. The number of aromatic nitrogens is 3. The number of ether oxygens (including phenoxy) is 1. The van der Waals surface area contributed by atoms with Crippen LogP contribution in [0.3, 0.4) is 0 Å². The summed E-state index contributed by atoms with van der Waals surface area (Å²) >= 11 is 0. The molecule has 1 unspecified atom stereocenters. The molecule has 0 N–H and O–H groups in total. The summed E-state index contributed by atoms with van der Waals surface area (Å²) in [6.45, 7) is 4.45. The van der Waals surface area contributed by atoms with E-state index in [0.717, 1.165) is 28.2 Å². The number of imidazole rings is 1. The molecule has 0 aliphatic carbocycles. The Hall–Kier alpha value is -5.22. The molecule has 2 aromatic heterocycles. The molecule has 5 aromatic carbocycles. The standard InChI is InChI=1S/C37H25N3O/c1-22-11-9-12-23(2)33(22)39-29-18-10-19-30-34(29)40-35-31(41-30)21-24-13-3-4-14-25(24)32(35)37(36(39)40)27-16-6-5-15-26(27)28-17-7-8-20-38(28)37/h3-21H,1-2H3/q+2. The average Bonchev–Trinajstić information content (AvgIpc) is 3.60. The van der Waals surface area contributed by atoms with Crippen molar-refractivity contribution in [3.8, 4) is 34.1 Å². The maximum absolute atomic E-state index is 6.82. The Balaban J connectivity index is 1.56. The van der Waals surface area contributed by atoms with Gasteiger partial charge < -0.3 is 4.74 Å². The van der Waals surface area contributed by atoms with E-state index in [1.165, 1.54) is 55.8 Å². The maximum atomic E-state index is 6.82. The predicted molar refractivity (Wildman–Crippen MR) is 159 cm³/mol. The van der Waals surface area contributed by atoms with Crippen molar-refractivity contribution in [2.75, 3.05) is 0 Å². The van der Waals surface area contributed by atoms with E-state index in [-0.39, 0.29) is 0 Å². The van der Waals surface area contributed by atoms with Gasteiger partial charge in [0.25, 0.3) is 0 Å². The van der Waals surface area contributed by atoms with E-state index in [1.807, 2.05) is 0 Å². The van der Waals surface area contributed by atoms with E-state index in [9.17, 15) is 0 Å². The van der Waals surface area contributed by atoms with Gasteiger partial charge >= 0.3 is 11.4 Å². The van der Waals surface area contributed by atoms with Gasteiger partial charge in [0.1, 0.15) is 5.69 Å². The summed E-state index contributed by atoms with van der Waals surface area (Å²) in [5, 5.41) is 2.43. The molecule has 192 valence electrons. The fourth-order valence-electron chi connectivity index (χ4n) is 8.04. The van der Waals surface area contributed by atoms with E-state index >= 15 is 0 Å². The minimum atomic E-state index is -0.614. The van der Waals surface area contributed by atoms with E-state index in [2.05, 4.69) is 143 Å². The highest BCUT2D eigenvalue weighted by Gasteiger charge is 2.69. The zero-order valence-corrected chi connectivity index (χ0v) is 22.7. The van der Waals surface area contributed by atoms with E-state index < -0.39 is 5.54 Å². The number of hydrogen-bond donors (Lipinski definition) is 0. The van der Waals surface area contributed by atoms with E-state index in [1.54, 1.807) is 0 Å². The van der Waals surface area contributed by atoms with Crippen LogP contribution in [-0.4, -0.2) is 4.57 Å². The van der Waals surface area contributed by atoms with Crippen LogP contribution in [-0.2, 0) is 5.54 Å². The lowest BCUT2D eigenvalue weighted by molar-refractivity contribution is -0.733. The summed E-state index contributed by atoms with van der Waals surface area (Å²) in [6, 6.07) is 39.6. The van der Waals surface area contributed by atoms with Gasteiger partial charge in [0.15, 0.2) is 28.9 Å². The predicted octanol–water partition coefficient (Wildman–Crippen LogP) is 7.20. The van der Waals surface area contributed by atoms with Gasteiger partial charge in [-0.2, -0.15) is 13.7 Å². The van der Waals surface area contributed by atoms with Crippen molar-refractivity contribution < 1.29 is 13.9 Å². The molecule has 0 saturated heterocycles. The van der Waals surface area contributed by atoms with Crippen LogP contribution in [0.1, 0.15) is 28.1 Å². The van der Waals surface area contributed by atoms with Crippen LogP contribution in [0.25, 0.3) is 44.4 Å². The normalized spacial score (nSPS) is 16.8. The first-order valence-electron chi connectivity index (χ1n) is 14.2. The molecule has 0 fully saturated rings. The molecular weight excluding hydrogens is 502 g/mol. The second-order valence-corrected chi connectivity index (χ2v) is 11.5. The Labute approximate surface area is 236 Å². The molecule has 0 amide bonds. The molecule has 41 heavy (non-hydrogen) atoms. The molecular formula is C37H25N3O+2. The van der Waals surface area contributed by atoms with Gasteiger partial charge in [0.05, 0.1) is 16.7 Å². The Bertz CT molecular complexity index is 2260. The molecule has 0 saturated carbocycles. The van der Waals surface area contributed by atoms with Gasteiger partial charge in [0.2, 0.25) is 11.2 Å². The van der Waals surface area contributed by atoms with Crippen LogP contribution in [0.4, 0.5) is 0 Å². The summed E-state index contributed by atoms with van der Waals surface area (Å²) in [5.74, 6) is 3.02. The second-order valence-electron chi connectivity index (χ2n) is 11.5. The van der Waals surface area contributed by atoms with Crippen molar-refractivity contribution in [3.63, 3.8) is 0 Å². The number of benzene rings is 5. The van der Waals surface area contributed by atoms with Crippen LogP contribution < -0.4 is 13.9 Å². The molecule has 7 aromatic rings. The molecule has 1 atom stereocenters. The monoisotopic (exact) mass is 527 g/mol. The molecule has 1 spiro atoms. The minimum absolute atomic E-state index is 0.614. The molecule has 10 rings (SSSR count). The SMILES string of the molecule is Cc1cccc(C)c1-n1c2[n+]3c4c(cccc41)Oc1cc4ccccc4c(c1-3)C21c2ccccc2-c2cccc[n+]21. The molecule has 4 heteroatoms. The largest absolute Gasteiger partial charge is 0.448 e. The smallest absolute Gasteiger partial charge is 0.352 e. The lowest BCUT2D eigenvalue weighted by Crippen LogP contribution is -2.57. The van der Waals surface area contributed by atoms with Gasteiger partial charge in [-0.15, -0.1) is 0 Å². The summed E-state index contributed by atoms with van der Waals surface area (Å²) < 4.78 is 14.4. The number of aryl methyl sites for hydroxylation is 2. The maximum Gasteiger partial charge on any atom is 0.352 e. The first-order valence-corrected chi connectivity index (χ1v) is 14.2. The van der Waals surface area contributed by atoms with Crippen LogP contribution in [0.2, 0.25) is 0 Å². The van der Waals surface area contributed by atoms with Crippen LogP contribution >= 0.6 is 0 Å². The fraction of sp³-hybridized carbons (Fsp3) is 0.0811. The number of nitrogens with zero attached hydrogens (tertiary/aromatic N) is 3. The minimum Gasteiger partial charge on any atom is -0.448 e. The van der Waals surface area contributed by atoms with Crippen molar-refractivity contribution >= 4 is 21.8 Å². The molecule has 0 radical (unpaired) electrons. The Morgan fingerprint density at radius 1 is 0.732 bits per heavy atom. The highest BCUT2D eigenvalue weighted by atomic mass is 16.5. The third-order valence-corrected chi connectivity index (χ3v) is 9.46. The Morgan fingerprint density at radius 2 is 1.51 bits per heavy atom. The first-order chi connectivity index (χ1) is 20.2. The number of fused-ring (bicyclic) bond motifs is 9. The van der Waals surface area contributed by atoms with Crippen LogP contribution in [0.15, 0.2) is 115 Å². The zero-order valence-electron chi connectivity index (χ0n) is 22.7. The van der Waals surface area contributed by atoms with Crippen LogP contribution in [0.5, 0.6) is 11.5 Å². The highest BCUT2D eigenvalue weighted by Crippen LogP contribution is 2.57. The second kappa shape index (κ2) is 7.10. The van der Waals surface area contributed by atoms with Gasteiger partial charge in [0, 0.05) is 12.1 Å². The fourth-order valence-corrected chi connectivity index (χ4v) is 8.04. The third kappa shape index (κ3) is 2.29. The van der Waals surface area contributed by atoms with Gasteiger partial charge in [-0.3, -0.25) is 0 Å². The van der Waals surface area contributed by atoms with Crippen LogP contribution in [0, 0.1) is 13.8 Å². The summed E-state index contributed by atoms with van der Waals surface area (Å²) in [5.41, 5.74) is 11.6. The summed E-state index contributed by atoms with van der Waals surface area (Å²) in [7, 11) is 0. The van der Waals surface area contributed by atoms with Gasteiger partial charge in [-0.1, -0.05) is 66.7 Å². The zero-order chi connectivity index (χ0) is 27.0. The number of para-hydroxylation sites is 2. The third-order valence-electron chi connectivity index (χ3n) is 9.46. The van der Waals surface area contributed by atoms with E-state index in [4.69, 9.17) is 4.74 Å². The first kappa shape index (κ1) is 21.6. The molecule has 4 nitrogen and oxygen atoms in total. The van der Waals surface area contributed by atoms with Gasteiger partial charge in [-0.05, 0) is 66.1 Å². The lowest BCUT2D eigenvalue weighted by Gasteiger charge is -2.22. The molecule has 0 bridgehead atoms. The average molecular weight is 528 g/mol. The topological polar surface area (TPSA) is 21.9 Å². The lowest BCUT2D eigenvalue weighted by atomic mass is 9.80. The highest BCUT2D eigenvalue weighted by molar-refractivity contribution is 5.96. The Kier molecular flexibility index (Phi) is 3.74. The van der Waals surface area contributed by atoms with Gasteiger partial charge in [-0.25, -0.2) is 0 Å². The van der Waals surface area contributed by atoms with Crippen molar-refractivity contribution in [1.29, 1.82) is 0 Å². The number of rotatable bonds is 1. The van der Waals surface area contributed by atoms with Crippen molar-refractivity contribution in [2.45, 2.75) is 19.4 Å². The molecule has 3 aliphatic heterocycles. The number of pyridine rings is 1. The molecule has 5 heterocycles. The van der Waals surface area contributed by atoms with E-state index in [0.29, 0.717) is 0 Å². The van der Waals surface area contributed by atoms with Crippen molar-refractivity contribution in [2.24, 2.45) is 0 Å². The van der Waals surface area contributed by atoms with Crippen molar-refractivity contribution in [1.82, 2.24) is 4.57 Å². The quantitative estimate of drug-likeness (QED) is 0.207. The Morgan fingerprint density at radius 3 is 2.41 bits per heavy atom. The molecule has 3 aliphatic rings. The van der Waals surface area contributed by atoms with Crippen molar-refractivity contribution in [3.05, 3.63) is 143 Å². The number of hydrogen-bond acceptors (Lipinski definition) is 1.